The van der Waals surface area contributed by atoms with Crippen molar-refractivity contribution in [3.8, 4) is 11.5 Å². The monoisotopic (exact) mass is 435 g/mol. The van der Waals surface area contributed by atoms with Crippen LogP contribution in [0.4, 0.5) is 0 Å². The molecule has 3 atom stereocenters. The first kappa shape index (κ1) is 21.4. The SMILES string of the molecule is COC1=C[C@]23CCCN2CCc2cc4c(cc2[C@@H]3[C@@H]1O)OCO4.O=C(O)C(O)C(=O)O. The molecule has 0 bridgehead atoms. The average Bonchev–Trinajstić information content (AvgIpc) is 3.41. The molecule has 168 valence electrons. The molecule has 5 rings (SSSR count). The number of benzene rings is 1. The minimum absolute atomic E-state index is 0.00644. The van der Waals surface area contributed by atoms with E-state index >= 15 is 0 Å². The third-order valence-corrected chi connectivity index (χ3v) is 6.46. The molecule has 1 saturated heterocycles. The number of aliphatic carboxylic acids is 2. The molecule has 0 radical (unpaired) electrons. The lowest BCUT2D eigenvalue weighted by atomic mass is 9.78. The van der Waals surface area contributed by atoms with E-state index in [1.165, 1.54) is 11.1 Å². The van der Waals surface area contributed by atoms with Gasteiger partial charge in [0.15, 0.2) is 11.5 Å². The molecular weight excluding hydrogens is 410 g/mol. The van der Waals surface area contributed by atoms with Crippen LogP contribution < -0.4 is 9.47 Å². The van der Waals surface area contributed by atoms with Gasteiger partial charge in [0.25, 0.3) is 0 Å². The number of aliphatic hydroxyl groups is 2. The van der Waals surface area contributed by atoms with Gasteiger partial charge in [-0.1, -0.05) is 0 Å². The fourth-order valence-corrected chi connectivity index (χ4v) is 5.10. The Labute approximate surface area is 178 Å². The van der Waals surface area contributed by atoms with Crippen molar-refractivity contribution in [3.05, 3.63) is 35.1 Å². The van der Waals surface area contributed by atoms with Crippen molar-refractivity contribution in [2.45, 2.75) is 42.9 Å². The number of nitrogens with zero attached hydrogens (tertiary/aromatic N) is 1. The second-order valence-electron chi connectivity index (χ2n) is 7.99. The fourth-order valence-electron chi connectivity index (χ4n) is 5.10. The Kier molecular flexibility index (Phi) is 5.54. The van der Waals surface area contributed by atoms with Gasteiger partial charge >= 0.3 is 11.9 Å². The van der Waals surface area contributed by atoms with Gasteiger partial charge in [0.1, 0.15) is 11.9 Å². The predicted molar refractivity (Wildman–Crippen MR) is 105 cm³/mol. The van der Waals surface area contributed by atoms with E-state index in [9.17, 15) is 14.7 Å². The summed E-state index contributed by atoms with van der Waals surface area (Å²) in [5.41, 5.74) is 2.33. The number of hydrogen-bond donors (Lipinski definition) is 4. The molecular formula is C21H25NO9. The maximum Gasteiger partial charge on any atom is 0.344 e. The first-order chi connectivity index (χ1) is 14.8. The molecule has 4 N–H and O–H groups in total. The summed E-state index contributed by atoms with van der Waals surface area (Å²) in [5.74, 6) is -1.18. The molecule has 1 spiro atoms. The Morgan fingerprint density at radius 1 is 1.19 bits per heavy atom. The standard InChI is InChI=1S/C18H21NO4.C3H4O5/c1-21-15-9-18-4-2-5-19(18)6-3-11-7-13-14(23-10-22-13)8-12(11)16(18)17(15)20;4-1(2(5)6)3(7)8/h7-9,16-17,20H,2-6,10H2,1H3;1,4H,(H,5,6)(H,7,8)/t16-,17-,18+;/m1./s1. The van der Waals surface area contributed by atoms with Gasteiger partial charge in [-0.05, 0) is 55.1 Å². The molecule has 1 aliphatic carbocycles. The second kappa shape index (κ2) is 8.03. The molecule has 1 fully saturated rings. The second-order valence-corrected chi connectivity index (χ2v) is 7.99. The van der Waals surface area contributed by atoms with Gasteiger partial charge in [-0.25, -0.2) is 9.59 Å². The van der Waals surface area contributed by atoms with Gasteiger partial charge in [-0.3, -0.25) is 4.90 Å². The van der Waals surface area contributed by atoms with E-state index in [2.05, 4.69) is 23.1 Å². The van der Waals surface area contributed by atoms with Crippen LogP contribution in [0.3, 0.4) is 0 Å². The molecule has 10 nitrogen and oxygen atoms in total. The van der Waals surface area contributed by atoms with Crippen molar-refractivity contribution in [2.75, 3.05) is 27.0 Å². The van der Waals surface area contributed by atoms with E-state index in [4.69, 9.17) is 29.5 Å². The number of methoxy groups -OCH3 is 1. The summed E-state index contributed by atoms with van der Waals surface area (Å²) in [6.07, 6.45) is 2.49. The zero-order valence-electron chi connectivity index (χ0n) is 17.0. The van der Waals surface area contributed by atoms with Gasteiger partial charge < -0.3 is 34.6 Å². The Bertz CT molecular complexity index is 916. The highest BCUT2D eigenvalue weighted by Crippen LogP contribution is 2.54. The summed E-state index contributed by atoms with van der Waals surface area (Å²) < 4.78 is 16.6. The maximum atomic E-state index is 11.0. The minimum atomic E-state index is -2.30. The third kappa shape index (κ3) is 3.50. The largest absolute Gasteiger partial charge is 0.499 e. The van der Waals surface area contributed by atoms with Crippen molar-refractivity contribution in [1.29, 1.82) is 0 Å². The van der Waals surface area contributed by atoms with Gasteiger partial charge in [0.2, 0.25) is 12.9 Å². The molecule has 31 heavy (non-hydrogen) atoms. The lowest BCUT2D eigenvalue weighted by molar-refractivity contribution is -0.161. The van der Waals surface area contributed by atoms with Gasteiger partial charge in [-0.2, -0.15) is 0 Å². The molecule has 4 aliphatic rings. The number of carbonyl (C=O) groups is 2. The summed E-state index contributed by atoms with van der Waals surface area (Å²) >= 11 is 0. The fraction of sp³-hybridized carbons (Fsp3) is 0.524. The van der Waals surface area contributed by atoms with Gasteiger partial charge in [0.05, 0.1) is 12.6 Å². The van der Waals surface area contributed by atoms with Crippen molar-refractivity contribution >= 4 is 11.9 Å². The Morgan fingerprint density at radius 3 is 2.48 bits per heavy atom. The highest BCUT2D eigenvalue weighted by Gasteiger charge is 2.56. The zero-order chi connectivity index (χ0) is 22.3. The summed E-state index contributed by atoms with van der Waals surface area (Å²) in [7, 11) is 1.65. The lowest BCUT2D eigenvalue weighted by Gasteiger charge is -2.38. The molecule has 0 amide bonds. The van der Waals surface area contributed by atoms with Crippen LogP contribution >= 0.6 is 0 Å². The normalized spacial score (nSPS) is 27.9. The lowest BCUT2D eigenvalue weighted by Crippen LogP contribution is -2.46. The van der Waals surface area contributed by atoms with Crippen LogP contribution in [0.15, 0.2) is 24.0 Å². The number of fused-ring (bicyclic) bond motifs is 3. The summed E-state index contributed by atoms with van der Waals surface area (Å²) in [5, 5.41) is 34.4. The highest BCUT2D eigenvalue weighted by atomic mass is 16.7. The van der Waals surface area contributed by atoms with Crippen LogP contribution in [-0.4, -0.2) is 82.0 Å². The summed E-state index contributed by atoms with van der Waals surface area (Å²) in [6, 6.07) is 4.19. The average molecular weight is 435 g/mol. The van der Waals surface area contributed by atoms with Crippen LogP contribution in [0.25, 0.3) is 0 Å². The predicted octanol–water partition coefficient (Wildman–Crippen LogP) is 0.311. The molecule has 1 aromatic rings. The van der Waals surface area contributed by atoms with Gasteiger partial charge in [-0.15, -0.1) is 0 Å². The molecule has 3 heterocycles. The van der Waals surface area contributed by atoms with E-state index in [1.54, 1.807) is 7.11 Å². The van der Waals surface area contributed by atoms with Crippen LogP contribution in [-0.2, 0) is 20.7 Å². The summed E-state index contributed by atoms with van der Waals surface area (Å²) in [6.45, 7) is 2.37. The quantitative estimate of drug-likeness (QED) is 0.489. The highest BCUT2D eigenvalue weighted by molar-refractivity contribution is 5.95. The molecule has 10 heteroatoms. The molecule has 1 aromatic carbocycles. The zero-order valence-corrected chi connectivity index (χ0v) is 17.0. The Morgan fingerprint density at radius 2 is 1.87 bits per heavy atom. The van der Waals surface area contributed by atoms with E-state index < -0.39 is 24.1 Å². The van der Waals surface area contributed by atoms with Crippen molar-refractivity contribution in [1.82, 2.24) is 4.90 Å². The number of aliphatic hydroxyl groups excluding tert-OH is 2. The molecule has 3 aliphatic heterocycles. The van der Waals surface area contributed by atoms with E-state index in [0.29, 0.717) is 5.76 Å². The van der Waals surface area contributed by atoms with Crippen LogP contribution in [0.1, 0.15) is 29.9 Å². The number of rotatable bonds is 3. The minimum Gasteiger partial charge on any atom is -0.499 e. The van der Waals surface area contributed by atoms with Crippen LogP contribution in [0, 0.1) is 0 Å². The van der Waals surface area contributed by atoms with E-state index in [-0.39, 0.29) is 18.2 Å². The maximum absolute atomic E-state index is 11.0. The number of hydrogen-bond acceptors (Lipinski definition) is 8. The molecule has 0 unspecified atom stereocenters. The number of ether oxygens (including phenoxy) is 3. The van der Waals surface area contributed by atoms with E-state index in [1.807, 2.05) is 0 Å². The smallest absolute Gasteiger partial charge is 0.344 e. The third-order valence-electron chi connectivity index (χ3n) is 6.46. The Balaban J connectivity index is 0.000000250. The first-order valence-electron chi connectivity index (χ1n) is 10.0. The van der Waals surface area contributed by atoms with Crippen molar-refractivity contribution < 1.29 is 44.2 Å². The van der Waals surface area contributed by atoms with Crippen LogP contribution in [0.5, 0.6) is 11.5 Å². The van der Waals surface area contributed by atoms with Gasteiger partial charge in [0, 0.05) is 12.5 Å². The Hall–Kier alpha value is -2.82. The van der Waals surface area contributed by atoms with Crippen molar-refractivity contribution in [2.24, 2.45) is 0 Å². The topological polar surface area (TPSA) is 146 Å². The van der Waals surface area contributed by atoms with Crippen LogP contribution in [0.2, 0.25) is 0 Å². The first-order valence-corrected chi connectivity index (χ1v) is 10.0. The van der Waals surface area contributed by atoms with E-state index in [0.717, 1.165) is 43.9 Å². The number of carboxylic acid groups (broad SMARTS) is 2. The molecule has 0 aromatic heterocycles. The summed E-state index contributed by atoms with van der Waals surface area (Å²) in [4.78, 5) is 21.5. The number of carboxylic acids is 2. The van der Waals surface area contributed by atoms with Crippen molar-refractivity contribution in [3.63, 3.8) is 0 Å². The molecule has 0 saturated carbocycles.